The van der Waals surface area contributed by atoms with Crippen LogP contribution in [0.15, 0.2) is 47.5 Å². The van der Waals surface area contributed by atoms with Gasteiger partial charge in [0.1, 0.15) is 11.4 Å². The summed E-state index contributed by atoms with van der Waals surface area (Å²) in [6.07, 6.45) is 1.28. The van der Waals surface area contributed by atoms with Crippen molar-refractivity contribution in [3.05, 3.63) is 68.8 Å². The van der Waals surface area contributed by atoms with Gasteiger partial charge in [0.25, 0.3) is 11.2 Å². The molecule has 0 aliphatic carbocycles. The van der Waals surface area contributed by atoms with E-state index in [2.05, 4.69) is 9.97 Å². The fourth-order valence-corrected chi connectivity index (χ4v) is 2.63. The highest BCUT2D eigenvalue weighted by Crippen LogP contribution is 2.31. The van der Waals surface area contributed by atoms with E-state index in [4.69, 9.17) is 4.74 Å². The monoisotopic (exact) mass is 340 g/mol. The van der Waals surface area contributed by atoms with E-state index in [1.807, 2.05) is 24.3 Å². The lowest BCUT2D eigenvalue weighted by atomic mass is 10.1. The van der Waals surface area contributed by atoms with Gasteiger partial charge >= 0.3 is 0 Å². The van der Waals surface area contributed by atoms with E-state index in [-0.39, 0.29) is 11.1 Å². The predicted molar refractivity (Wildman–Crippen MR) is 94.1 cm³/mol. The van der Waals surface area contributed by atoms with Crippen LogP contribution in [0.5, 0.6) is 5.75 Å². The van der Waals surface area contributed by atoms with Crippen LogP contribution in [0, 0.1) is 10.1 Å². The second-order valence-corrected chi connectivity index (χ2v) is 5.55. The van der Waals surface area contributed by atoms with Crippen molar-refractivity contribution in [2.45, 2.75) is 6.54 Å². The quantitative estimate of drug-likeness (QED) is 0.565. The van der Waals surface area contributed by atoms with Crippen molar-refractivity contribution in [2.75, 3.05) is 19.1 Å². The average molecular weight is 340 g/mol. The van der Waals surface area contributed by atoms with Crippen LogP contribution in [-0.4, -0.2) is 29.0 Å². The SMILES string of the molecule is COc1ccc(CN(C)c2cc3nc[nH]c(=O)c3cc2[N+](=O)[O-])cc1. The standard InChI is InChI=1S/C17H16N4O4/c1-20(9-11-3-5-12(25-2)6-4-11)15-8-14-13(7-16(15)21(23)24)17(22)19-10-18-14/h3-8,10H,9H2,1-2H3,(H,18,19,22). The molecule has 0 saturated carbocycles. The molecule has 2 aromatic carbocycles. The number of ether oxygens (including phenoxy) is 1. The number of H-pyrrole nitrogens is 1. The molecule has 0 radical (unpaired) electrons. The summed E-state index contributed by atoms with van der Waals surface area (Å²) in [6.45, 7) is 0.458. The van der Waals surface area contributed by atoms with E-state index < -0.39 is 10.5 Å². The van der Waals surface area contributed by atoms with Crippen LogP contribution in [0.25, 0.3) is 10.9 Å². The van der Waals surface area contributed by atoms with Crippen molar-refractivity contribution in [2.24, 2.45) is 0 Å². The normalized spacial score (nSPS) is 10.6. The first kappa shape index (κ1) is 16.4. The number of rotatable bonds is 5. The van der Waals surface area contributed by atoms with E-state index >= 15 is 0 Å². The summed E-state index contributed by atoms with van der Waals surface area (Å²) in [5, 5.41) is 11.6. The molecule has 3 rings (SSSR count). The van der Waals surface area contributed by atoms with Crippen molar-refractivity contribution >= 4 is 22.3 Å². The molecule has 0 atom stereocenters. The molecule has 0 fully saturated rings. The predicted octanol–water partition coefficient (Wildman–Crippen LogP) is 2.48. The van der Waals surface area contributed by atoms with E-state index in [1.54, 1.807) is 25.1 Å². The molecule has 0 aliphatic heterocycles. The number of nitro groups is 1. The van der Waals surface area contributed by atoms with Gasteiger partial charge in [-0.25, -0.2) is 4.98 Å². The van der Waals surface area contributed by atoms with Gasteiger partial charge in [0.05, 0.1) is 29.3 Å². The first-order chi connectivity index (χ1) is 12.0. The lowest BCUT2D eigenvalue weighted by Gasteiger charge is -2.19. The Hall–Kier alpha value is -3.42. The maximum absolute atomic E-state index is 11.8. The van der Waals surface area contributed by atoms with Gasteiger partial charge in [-0.05, 0) is 23.8 Å². The molecule has 0 bridgehead atoms. The van der Waals surface area contributed by atoms with Crippen molar-refractivity contribution in [3.63, 3.8) is 0 Å². The molecule has 1 N–H and O–H groups in total. The van der Waals surface area contributed by atoms with Gasteiger partial charge in [0.2, 0.25) is 0 Å². The van der Waals surface area contributed by atoms with Crippen molar-refractivity contribution in [1.82, 2.24) is 9.97 Å². The topological polar surface area (TPSA) is 101 Å². The van der Waals surface area contributed by atoms with Gasteiger partial charge < -0.3 is 14.6 Å². The Morgan fingerprint density at radius 1 is 1.28 bits per heavy atom. The molecule has 8 heteroatoms. The van der Waals surface area contributed by atoms with E-state index in [9.17, 15) is 14.9 Å². The molecule has 0 aliphatic rings. The van der Waals surface area contributed by atoms with Crippen molar-refractivity contribution < 1.29 is 9.66 Å². The summed E-state index contributed by atoms with van der Waals surface area (Å²) in [4.78, 5) is 31.1. The number of fused-ring (bicyclic) bond motifs is 1. The molecule has 8 nitrogen and oxygen atoms in total. The summed E-state index contributed by atoms with van der Waals surface area (Å²) < 4.78 is 5.13. The third kappa shape index (κ3) is 3.27. The lowest BCUT2D eigenvalue weighted by molar-refractivity contribution is -0.384. The summed E-state index contributed by atoms with van der Waals surface area (Å²) >= 11 is 0. The summed E-state index contributed by atoms with van der Waals surface area (Å²) in [6, 6.07) is 10.3. The molecule has 128 valence electrons. The largest absolute Gasteiger partial charge is 0.497 e. The molecule has 0 saturated heterocycles. The number of nitrogens with zero attached hydrogens (tertiary/aromatic N) is 3. The number of benzene rings is 2. The molecule has 1 heterocycles. The lowest BCUT2D eigenvalue weighted by Crippen LogP contribution is -2.18. The van der Waals surface area contributed by atoms with Crippen LogP contribution < -0.4 is 15.2 Å². The van der Waals surface area contributed by atoms with E-state index in [0.29, 0.717) is 17.7 Å². The number of aromatic amines is 1. The van der Waals surface area contributed by atoms with Crippen LogP contribution in [0.4, 0.5) is 11.4 Å². The van der Waals surface area contributed by atoms with Gasteiger partial charge in [0.15, 0.2) is 0 Å². The fourth-order valence-electron chi connectivity index (χ4n) is 2.63. The highest BCUT2D eigenvalue weighted by Gasteiger charge is 2.20. The minimum atomic E-state index is -0.494. The highest BCUT2D eigenvalue weighted by atomic mass is 16.6. The Labute approximate surface area is 142 Å². The second-order valence-electron chi connectivity index (χ2n) is 5.55. The minimum absolute atomic E-state index is 0.137. The molecule has 1 aromatic heterocycles. The summed E-state index contributed by atoms with van der Waals surface area (Å²) in [5.74, 6) is 0.742. The van der Waals surface area contributed by atoms with Gasteiger partial charge in [-0.15, -0.1) is 0 Å². The first-order valence-electron chi connectivity index (χ1n) is 7.49. The van der Waals surface area contributed by atoms with Gasteiger partial charge in [-0.1, -0.05) is 12.1 Å². The van der Waals surface area contributed by atoms with Crippen LogP contribution in [-0.2, 0) is 6.54 Å². The van der Waals surface area contributed by atoms with E-state index in [0.717, 1.165) is 11.3 Å². The number of nitrogens with one attached hydrogen (secondary N) is 1. The Balaban J connectivity index is 2.01. The zero-order valence-electron chi connectivity index (χ0n) is 13.7. The molecule has 25 heavy (non-hydrogen) atoms. The number of hydrogen-bond acceptors (Lipinski definition) is 6. The van der Waals surface area contributed by atoms with Crippen LogP contribution in [0.2, 0.25) is 0 Å². The maximum Gasteiger partial charge on any atom is 0.293 e. The van der Waals surface area contributed by atoms with E-state index in [1.165, 1.54) is 12.4 Å². The third-order valence-electron chi connectivity index (χ3n) is 3.92. The summed E-state index contributed by atoms with van der Waals surface area (Å²) in [7, 11) is 3.35. The Morgan fingerprint density at radius 2 is 2.00 bits per heavy atom. The first-order valence-corrected chi connectivity index (χ1v) is 7.49. The number of aromatic nitrogens is 2. The average Bonchev–Trinajstić information content (AvgIpc) is 2.61. The second kappa shape index (κ2) is 6.60. The van der Waals surface area contributed by atoms with Gasteiger partial charge in [-0.2, -0.15) is 0 Å². The van der Waals surface area contributed by atoms with Crippen LogP contribution in [0.3, 0.4) is 0 Å². The zero-order chi connectivity index (χ0) is 18.0. The fraction of sp³-hybridized carbons (Fsp3) is 0.176. The Kier molecular flexibility index (Phi) is 4.34. The minimum Gasteiger partial charge on any atom is -0.497 e. The Bertz CT molecular complexity index is 982. The number of methoxy groups -OCH3 is 1. The van der Waals surface area contributed by atoms with Crippen molar-refractivity contribution in [3.8, 4) is 5.75 Å². The Morgan fingerprint density at radius 3 is 2.64 bits per heavy atom. The third-order valence-corrected chi connectivity index (χ3v) is 3.92. The molecule has 0 spiro atoms. The molecule has 0 amide bonds. The maximum atomic E-state index is 11.8. The van der Waals surface area contributed by atoms with Gasteiger partial charge in [-0.3, -0.25) is 14.9 Å². The zero-order valence-corrected chi connectivity index (χ0v) is 13.7. The number of hydrogen-bond donors (Lipinski definition) is 1. The highest BCUT2D eigenvalue weighted by molar-refractivity contribution is 5.86. The molecular formula is C17H16N4O4. The van der Waals surface area contributed by atoms with Crippen LogP contribution >= 0.6 is 0 Å². The number of nitro benzene ring substituents is 1. The van der Waals surface area contributed by atoms with Crippen molar-refractivity contribution in [1.29, 1.82) is 0 Å². The molecular weight excluding hydrogens is 324 g/mol. The smallest absolute Gasteiger partial charge is 0.293 e. The molecule has 0 unspecified atom stereocenters. The number of anilines is 1. The molecule has 3 aromatic rings. The van der Waals surface area contributed by atoms with Crippen LogP contribution in [0.1, 0.15) is 5.56 Å². The summed E-state index contributed by atoms with van der Waals surface area (Å²) in [5.41, 5.74) is 1.23. The van der Waals surface area contributed by atoms with Gasteiger partial charge in [0, 0.05) is 19.7 Å².